The molecule has 5 nitrogen and oxygen atoms in total. The summed E-state index contributed by atoms with van der Waals surface area (Å²) in [5.41, 5.74) is 0.849. The first-order chi connectivity index (χ1) is 15.6. The number of aliphatic hydroxyl groups is 2. The van der Waals surface area contributed by atoms with Crippen molar-refractivity contribution in [1.82, 2.24) is 4.90 Å². The zero-order valence-corrected chi connectivity index (χ0v) is 21.7. The largest absolute Gasteiger partial charge is 0.396 e. The minimum atomic E-state index is -0.495. The van der Waals surface area contributed by atoms with Crippen LogP contribution in [0.15, 0.2) is 16.8 Å². The normalized spacial score (nSPS) is 45.7. The highest BCUT2D eigenvalue weighted by Gasteiger charge is 2.65. The van der Waals surface area contributed by atoms with Crippen molar-refractivity contribution in [2.75, 3.05) is 27.2 Å². The highest BCUT2D eigenvalue weighted by atomic mass is 16.6. The van der Waals surface area contributed by atoms with Crippen LogP contribution < -0.4 is 0 Å². The summed E-state index contributed by atoms with van der Waals surface area (Å²) in [4.78, 5) is 7.62. The number of allylic oxidation sites excluding steroid dienone is 2. The molecule has 0 saturated heterocycles. The van der Waals surface area contributed by atoms with E-state index < -0.39 is 5.60 Å². The Morgan fingerprint density at radius 1 is 1.09 bits per heavy atom. The molecule has 188 valence electrons. The number of nitrogens with zero attached hydrogens (tertiary/aromatic N) is 2. The fourth-order valence-electron chi connectivity index (χ4n) is 8.58. The molecule has 0 aromatic rings. The van der Waals surface area contributed by atoms with E-state index >= 15 is 0 Å². The van der Waals surface area contributed by atoms with E-state index in [1.165, 1.54) is 19.3 Å². The Kier molecular flexibility index (Phi) is 7.34. The molecule has 2 N–H and O–H groups in total. The Bertz CT molecular complexity index is 751. The Balaban J connectivity index is 1.51. The Labute approximate surface area is 201 Å². The van der Waals surface area contributed by atoms with Gasteiger partial charge in [0.1, 0.15) is 6.61 Å². The molecule has 0 aromatic heterocycles. The minimum Gasteiger partial charge on any atom is -0.396 e. The lowest BCUT2D eigenvalue weighted by Crippen LogP contribution is -2.62. The van der Waals surface area contributed by atoms with E-state index in [0.717, 1.165) is 57.1 Å². The summed E-state index contributed by atoms with van der Waals surface area (Å²) in [6, 6.07) is 0. The summed E-state index contributed by atoms with van der Waals surface area (Å²) in [6.45, 7) is 8.58. The van der Waals surface area contributed by atoms with E-state index in [-0.39, 0.29) is 16.9 Å². The molecule has 4 saturated carbocycles. The molecule has 4 aliphatic carbocycles. The highest BCUT2D eigenvalue weighted by Crippen LogP contribution is 2.68. The first kappa shape index (κ1) is 25.2. The summed E-state index contributed by atoms with van der Waals surface area (Å²) in [5, 5.41) is 27.0. The van der Waals surface area contributed by atoms with Crippen LogP contribution in [-0.4, -0.2) is 60.3 Å². The van der Waals surface area contributed by atoms with Gasteiger partial charge in [-0.2, -0.15) is 0 Å². The van der Waals surface area contributed by atoms with Gasteiger partial charge in [0.05, 0.1) is 17.9 Å². The second-order valence-electron chi connectivity index (χ2n) is 12.6. The fraction of sp³-hybridized carbons (Fsp3) is 0.893. The lowest BCUT2D eigenvalue weighted by Gasteiger charge is -2.64. The summed E-state index contributed by atoms with van der Waals surface area (Å²) >= 11 is 0. The number of hydrogen-bond donors (Lipinski definition) is 2. The number of fused-ring (bicyclic) bond motifs is 5. The fourth-order valence-corrected chi connectivity index (χ4v) is 8.58. The first-order valence-corrected chi connectivity index (χ1v) is 13.5. The molecule has 0 aliphatic heterocycles. The maximum Gasteiger partial charge on any atom is 0.118 e. The Morgan fingerprint density at radius 2 is 1.88 bits per heavy atom. The van der Waals surface area contributed by atoms with E-state index in [9.17, 15) is 10.2 Å². The molecular formula is C28H48N2O3. The maximum absolute atomic E-state index is 12.0. The van der Waals surface area contributed by atoms with Crippen molar-refractivity contribution >= 4 is 6.21 Å². The van der Waals surface area contributed by atoms with Crippen LogP contribution in [0.3, 0.4) is 0 Å². The van der Waals surface area contributed by atoms with E-state index in [1.54, 1.807) is 0 Å². The van der Waals surface area contributed by atoms with Crippen LogP contribution >= 0.6 is 0 Å². The Morgan fingerprint density at radius 3 is 2.64 bits per heavy atom. The van der Waals surface area contributed by atoms with Gasteiger partial charge >= 0.3 is 0 Å². The van der Waals surface area contributed by atoms with Crippen molar-refractivity contribution in [3.8, 4) is 0 Å². The number of oxime groups is 1. The van der Waals surface area contributed by atoms with Crippen LogP contribution in [0.4, 0.5) is 0 Å². The molecule has 5 heteroatoms. The predicted molar refractivity (Wildman–Crippen MR) is 134 cm³/mol. The smallest absolute Gasteiger partial charge is 0.118 e. The first-order valence-electron chi connectivity index (χ1n) is 13.5. The SMILES string of the molecule is CC(/C=N/OCCCN(C)C)=C\C1C[C@H](O)C[C@H]2CC[C@@H]3[C@H](CC[C@]4(C)CCC[C@]34O)[C@@]12C. The molecule has 4 aliphatic rings. The molecule has 4 rings (SSSR count). The topological polar surface area (TPSA) is 65.3 Å². The summed E-state index contributed by atoms with van der Waals surface area (Å²) < 4.78 is 0. The van der Waals surface area contributed by atoms with Crippen molar-refractivity contribution in [2.45, 2.75) is 96.7 Å². The number of rotatable bonds is 7. The summed E-state index contributed by atoms with van der Waals surface area (Å²) in [6.07, 6.45) is 14.6. The predicted octanol–water partition coefficient (Wildman–Crippen LogP) is 5.02. The average Bonchev–Trinajstić information content (AvgIpc) is 3.06. The molecule has 0 aromatic carbocycles. The van der Waals surface area contributed by atoms with Crippen molar-refractivity contribution in [2.24, 2.45) is 39.7 Å². The quantitative estimate of drug-likeness (QED) is 0.318. The maximum atomic E-state index is 12.0. The zero-order chi connectivity index (χ0) is 23.9. The van der Waals surface area contributed by atoms with Crippen molar-refractivity contribution in [3.05, 3.63) is 11.6 Å². The molecule has 0 spiro atoms. The van der Waals surface area contributed by atoms with Crippen LogP contribution in [0.1, 0.15) is 85.0 Å². The third-order valence-electron chi connectivity index (χ3n) is 10.5. The van der Waals surface area contributed by atoms with Crippen LogP contribution in [0, 0.1) is 34.5 Å². The molecule has 0 radical (unpaired) electrons. The van der Waals surface area contributed by atoms with E-state index in [2.05, 4.69) is 51.0 Å². The van der Waals surface area contributed by atoms with Gasteiger partial charge in [-0.1, -0.05) is 25.1 Å². The third kappa shape index (κ3) is 4.54. The van der Waals surface area contributed by atoms with Gasteiger partial charge in [-0.25, -0.2) is 0 Å². The average molecular weight is 461 g/mol. The molecule has 0 amide bonds. The van der Waals surface area contributed by atoms with E-state index in [4.69, 9.17) is 4.84 Å². The molecule has 4 fully saturated rings. The standard InChI is InChI=1S/C28H48N2O3/c1-20(19-29-33-15-7-14-30(4)5)16-22-18-23(31)17-21-8-9-25-24(27(21,22)3)10-13-26(2)11-6-12-28(25,26)32/h16,19,21-25,31-32H,6-15,17-18H2,1-5H3/b20-16+,29-19+/t21-,22?,23-,24+,25-,26+,27-,28+/m1/s1. The lowest BCUT2D eigenvalue weighted by atomic mass is 9.41. The second-order valence-corrected chi connectivity index (χ2v) is 12.6. The van der Waals surface area contributed by atoms with Gasteiger partial charge in [0, 0.05) is 6.54 Å². The van der Waals surface area contributed by atoms with Crippen LogP contribution in [0.25, 0.3) is 0 Å². The van der Waals surface area contributed by atoms with Gasteiger partial charge in [-0.05, 0) is 125 Å². The van der Waals surface area contributed by atoms with Crippen molar-refractivity contribution < 1.29 is 15.1 Å². The molecule has 0 bridgehead atoms. The second kappa shape index (κ2) is 9.62. The number of aliphatic hydroxyl groups excluding tert-OH is 1. The van der Waals surface area contributed by atoms with Crippen LogP contribution in [0.2, 0.25) is 0 Å². The van der Waals surface area contributed by atoms with Gasteiger partial charge < -0.3 is 20.0 Å². The van der Waals surface area contributed by atoms with Gasteiger partial charge in [0.25, 0.3) is 0 Å². The Hall–Kier alpha value is -0.910. The van der Waals surface area contributed by atoms with Gasteiger partial charge in [-0.15, -0.1) is 0 Å². The van der Waals surface area contributed by atoms with Crippen LogP contribution in [-0.2, 0) is 4.84 Å². The molecular weight excluding hydrogens is 412 g/mol. The summed E-state index contributed by atoms with van der Waals surface area (Å²) in [7, 11) is 4.13. The molecule has 0 heterocycles. The molecule has 33 heavy (non-hydrogen) atoms. The minimum absolute atomic E-state index is 0.101. The lowest BCUT2D eigenvalue weighted by molar-refractivity contribution is -0.211. The van der Waals surface area contributed by atoms with Gasteiger partial charge in [0.2, 0.25) is 0 Å². The van der Waals surface area contributed by atoms with Crippen molar-refractivity contribution in [3.63, 3.8) is 0 Å². The van der Waals surface area contributed by atoms with Crippen LogP contribution in [0.5, 0.6) is 0 Å². The van der Waals surface area contributed by atoms with Gasteiger partial charge in [0.15, 0.2) is 0 Å². The number of hydrogen-bond acceptors (Lipinski definition) is 5. The zero-order valence-electron chi connectivity index (χ0n) is 21.7. The third-order valence-corrected chi connectivity index (χ3v) is 10.5. The van der Waals surface area contributed by atoms with E-state index in [1.807, 2.05) is 6.21 Å². The molecule has 8 atom stereocenters. The summed E-state index contributed by atoms with van der Waals surface area (Å²) in [5.74, 6) is 1.78. The highest BCUT2D eigenvalue weighted by molar-refractivity contribution is 5.77. The molecule has 1 unspecified atom stereocenters. The van der Waals surface area contributed by atoms with Gasteiger partial charge in [-0.3, -0.25) is 0 Å². The van der Waals surface area contributed by atoms with Crippen molar-refractivity contribution in [1.29, 1.82) is 0 Å². The van der Waals surface area contributed by atoms with E-state index in [0.29, 0.717) is 30.3 Å². The monoisotopic (exact) mass is 460 g/mol.